The number of aromatic hydroxyl groups is 1. The molecular formula is C26H23NO3. The second-order valence-electron chi connectivity index (χ2n) is 7.24. The fourth-order valence-corrected chi connectivity index (χ4v) is 3.67. The van der Waals surface area contributed by atoms with E-state index in [9.17, 15) is 9.90 Å². The Hall–Kier alpha value is -3.66. The van der Waals surface area contributed by atoms with Crippen molar-refractivity contribution in [2.45, 2.75) is 25.2 Å². The highest BCUT2D eigenvalue weighted by atomic mass is 16.3. The van der Waals surface area contributed by atoms with Crippen LogP contribution >= 0.6 is 0 Å². The van der Waals surface area contributed by atoms with Crippen LogP contribution in [0.25, 0.3) is 11.5 Å². The van der Waals surface area contributed by atoms with Crippen molar-refractivity contribution < 1.29 is 14.3 Å². The second-order valence-corrected chi connectivity index (χ2v) is 7.24. The number of nitrogens with zero attached hydrogens (tertiary/aromatic N) is 1. The number of aromatic nitrogens is 1. The Bertz CT molecular complexity index is 1060. The number of phenolic OH excluding ortho intramolecular Hbond substituents is 1. The number of rotatable bonds is 8. The van der Waals surface area contributed by atoms with Gasteiger partial charge in [-0.1, -0.05) is 72.8 Å². The number of carbonyl (C=O) groups is 1. The molecule has 0 radical (unpaired) electrons. The molecule has 0 aliphatic carbocycles. The van der Waals surface area contributed by atoms with E-state index in [-0.39, 0.29) is 23.3 Å². The monoisotopic (exact) mass is 397 g/mol. The summed E-state index contributed by atoms with van der Waals surface area (Å²) in [6.07, 6.45) is 3.37. The number of benzene rings is 3. The summed E-state index contributed by atoms with van der Waals surface area (Å²) >= 11 is 0. The number of carbonyl (C=O) groups excluding carboxylic acids is 1. The minimum Gasteiger partial charge on any atom is -0.507 e. The van der Waals surface area contributed by atoms with Gasteiger partial charge >= 0.3 is 0 Å². The van der Waals surface area contributed by atoms with Crippen LogP contribution in [0.4, 0.5) is 0 Å². The number of hydrogen-bond acceptors (Lipinski definition) is 4. The highest BCUT2D eigenvalue weighted by Crippen LogP contribution is 2.31. The van der Waals surface area contributed by atoms with E-state index >= 15 is 0 Å². The molecule has 4 heteroatoms. The maximum absolute atomic E-state index is 12.6. The molecule has 0 amide bonds. The second kappa shape index (κ2) is 9.23. The molecule has 0 saturated carbocycles. The average molecular weight is 397 g/mol. The standard InChI is InChI=1S/C26H23NO3/c28-24-16-8-7-14-22(24)26-27-23(18-30-26)25(29)17-9-15-21(19-10-3-1-4-11-19)20-12-5-2-6-13-20/h1-8,10-14,16,18,21,28H,9,15,17H2. The Morgan fingerprint density at radius 3 is 2.10 bits per heavy atom. The van der Waals surface area contributed by atoms with E-state index in [1.54, 1.807) is 24.3 Å². The summed E-state index contributed by atoms with van der Waals surface area (Å²) in [6, 6.07) is 27.5. The lowest BCUT2D eigenvalue weighted by Crippen LogP contribution is -2.04. The first-order valence-electron chi connectivity index (χ1n) is 10.1. The molecule has 4 rings (SSSR count). The summed E-state index contributed by atoms with van der Waals surface area (Å²) < 4.78 is 5.43. The van der Waals surface area contributed by atoms with Crippen molar-refractivity contribution in [3.8, 4) is 17.2 Å². The van der Waals surface area contributed by atoms with Gasteiger partial charge in [-0.25, -0.2) is 4.98 Å². The first-order chi connectivity index (χ1) is 14.7. The summed E-state index contributed by atoms with van der Waals surface area (Å²) in [5.41, 5.74) is 3.27. The minimum atomic E-state index is -0.0553. The molecular weight excluding hydrogens is 374 g/mol. The van der Waals surface area contributed by atoms with Crippen molar-refractivity contribution in [2.24, 2.45) is 0 Å². The molecule has 1 aromatic heterocycles. The Kier molecular flexibility index (Phi) is 6.04. The van der Waals surface area contributed by atoms with Gasteiger partial charge in [0.1, 0.15) is 17.7 Å². The van der Waals surface area contributed by atoms with Gasteiger partial charge in [0.15, 0.2) is 5.78 Å². The van der Waals surface area contributed by atoms with Gasteiger partial charge in [0.25, 0.3) is 0 Å². The highest BCUT2D eigenvalue weighted by Gasteiger charge is 2.18. The van der Waals surface area contributed by atoms with Gasteiger partial charge in [-0.05, 0) is 36.1 Å². The van der Waals surface area contributed by atoms with Crippen LogP contribution in [0.2, 0.25) is 0 Å². The van der Waals surface area contributed by atoms with Gasteiger partial charge in [0.2, 0.25) is 5.89 Å². The molecule has 0 aliphatic rings. The summed E-state index contributed by atoms with van der Waals surface area (Å²) in [5.74, 6) is 0.518. The van der Waals surface area contributed by atoms with E-state index in [2.05, 4.69) is 29.2 Å². The number of para-hydroxylation sites is 1. The molecule has 0 aliphatic heterocycles. The topological polar surface area (TPSA) is 63.3 Å². The third kappa shape index (κ3) is 4.49. The number of phenols is 1. The fourth-order valence-electron chi connectivity index (χ4n) is 3.67. The van der Waals surface area contributed by atoms with Crippen LogP contribution < -0.4 is 0 Å². The van der Waals surface area contributed by atoms with Crippen molar-refractivity contribution in [1.29, 1.82) is 0 Å². The molecule has 1 N–H and O–H groups in total. The molecule has 0 atom stereocenters. The molecule has 1 heterocycles. The molecule has 4 aromatic rings. The number of Topliss-reactive ketones (excluding diaryl/α,β-unsaturated/α-hetero) is 1. The molecule has 0 bridgehead atoms. The Morgan fingerprint density at radius 1 is 0.867 bits per heavy atom. The summed E-state index contributed by atoms with van der Waals surface area (Å²) in [6.45, 7) is 0. The lowest BCUT2D eigenvalue weighted by atomic mass is 9.87. The van der Waals surface area contributed by atoms with Crippen molar-refractivity contribution >= 4 is 5.78 Å². The van der Waals surface area contributed by atoms with E-state index in [1.807, 2.05) is 36.4 Å². The van der Waals surface area contributed by atoms with Crippen LogP contribution in [-0.4, -0.2) is 15.9 Å². The van der Waals surface area contributed by atoms with Crippen molar-refractivity contribution in [2.75, 3.05) is 0 Å². The van der Waals surface area contributed by atoms with E-state index < -0.39 is 0 Å². The van der Waals surface area contributed by atoms with E-state index in [1.165, 1.54) is 17.4 Å². The molecule has 0 unspecified atom stereocenters. The smallest absolute Gasteiger partial charge is 0.230 e. The number of hydrogen-bond donors (Lipinski definition) is 1. The molecule has 150 valence electrons. The number of oxazole rings is 1. The van der Waals surface area contributed by atoms with E-state index in [4.69, 9.17) is 4.42 Å². The predicted octanol–water partition coefficient (Wildman–Crippen LogP) is 6.23. The predicted molar refractivity (Wildman–Crippen MR) is 117 cm³/mol. The van der Waals surface area contributed by atoms with Gasteiger partial charge in [0, 0.05) is 12.3 Å². The lowest BCUT2D eigenvalue weighted by Gasteiger charge is -2.17. The van der Waals surface area contributed by atoms with Gasteiger partial charge in [0.05, 0.1) is 5.56 Å². The van der Waals surface area contributed by atoms with E-state index in [0.29, 0.717) is 17.7 Å². The normalized spacial score (nSPS) is 11.0. The molecule has 30 heavy (non-hydrogen) atoms. The SMILES string of the molecule is O=C(CCCC(c1ccccc1)c1ccccc1)c1coc(-c2ccccc2O)n1. The van der Waals surface area contributed by atoms with Crippen molar-refractivity contribution in [3.63, 3.8) is 0 Å². The zero-order valence-corrected chi connectivity index (χ0v) is 16.6. The Morgan fingerprint density at radius 2 is 1.47 bits per heavy atom. The molecule has 0 saturated heterocycles. The Labute approximate surface area is 175 Å². The fraction of sp³-hybridized carbons (Fsp3) is 0.154. The van der Waals surface area contributed by atoms with Gasteiger partial charge < -0.3 is 9.52 Å². The first kappa shape index (κ1) is 19.6. The van der Waals surface area contributed by atoms with Crippen LogP contribution in [0.15, 0.2) is 95.6 Å². The third-order valence-corrected chi connectivity index (χ3v) is 5.22. The summed E-state index contributed by atoms with van der Waals surface area (Å²) in [5, 5.41) is 9.95. The quantitative estimate of drug-likeness (QED) is 0.358. The molecule has 0 spiro atoms. The van der Waals surface area contributed by atoms with Crippen LogP contribution in [0.1, 0.15) is 46.8 Å². The highest BCUT2D eigenvalue weighted by molar-refractivity contribution is 5.94. The van der Waals surface area contributed by atoms with Gasteiger partial charge in [-0.15, -0.1) is 0 Å². The average Bonchev–Trinajstić information content (AvgIpc) is 3.28. The summed E-state index contributed by atoms with van der Waals surface area (Å²) in [4.78, 5) is 16.9. The lowest BCUT2D eigenvalue weighted by molar-refractivity contribution is 0.0974. The maximum atomic E-state index is 12.6. The largest absolute Gasteiger partial charge is 0.507 e. The van der Waals surface area contributed by atoms with Crippen LogP contribution in [0, 0.1) is 0 Å². The van der Waals surface area contributed by atoms with Crippen molar-refractivity contribution in [1.82, 2.24) is 4.98 Å². The Balaban J connectivity index is 1.43. The van der Waals surface area contributed by atoms with Gasteiger partial charge in [-0.2, -0.15) is 0 Å². The van der Waals surface area contributed by atoms with E-state index in [0.717, 1.165) is 12.8 Å². The molecule has 3 aromatic carbocycles. The zero-order chi connectivity index (χ0) is 20.8. The molecule has 4 nitrogen and oxygen atoms in total. The van der Waals surface area contributed by atoms with Crippen LogP contribution in [0.3, 0.4) is 0 Å². The minimum absolute atomic E-state index is 0.0553. The molecule has 0 fully saturated rings. The third-order valence-electron chi connectivity index (χ3n) is 5.22. The summed E-state index contributed by atoms with van der Waals surface area (Å²) in [7, 11) is 0. The maximum Gasteiger partial charge on any atom is 0.230 e. The van der Waals surface area contributed by atoms with Gasteiger partial charge in [-0.3, -0.25) is 4.79 Å². The zero-order valence-electron chi connectivity index (χ0n) is 16.6. The first-order valence-corrected chi connectivity index (χ1v) is 10.1. The number of ketones is 1. The van der Waals surface area contributed by atoms with Crippen LogP contribution in [0.5, 0.6) is 5.75 Å². The van der Waals surface area contributed by atoms with Crippen molar-refractivity contribution in [3.05, 3.63) is 108 Å². The van der Waals surface area contributed by atoms with Crippen LogP contribution in [-0.2, 0) is 0 Å².